The first kappa shape index (κ1) is 21.2. The van der Waals surface area contributed by atoms with Gasteiger partial charge in [0.2, 0.25) is 0 Å². The molecule has 3 aromatic heterocycles. The summed E-state index contributed by atoms with van der Waals surface area (Å²) >= 11 is 0. The van der Waals surface area contributed by atoms with E-state index in [1.54, 1.807) is 4.57 Å². The maximum atomic E-state index is 13.8. The molecule has 6 rings (SSSR count). The van der Waals surface area contributed by atoms with Gasteiger partial charge in [-0.15, -0.1) is 0 Å². The van der Waals surface area contributed by atoms with Crippen LogP contribution in [0.2, 0.25) is 0 Å². The zero-order chi connectivity index (χ0) is 23.9. The number of aromatic nitrogens is 5. The van der Waals surface area contributed by atoms with Gasteiger partial charge in [-0.25, -0.2) is 14.6 Å². The van der Waals surface area contributed by atoms with Crippen LogP contribution in [0.3, 0.4) is 0 Å². The van der Waals surface area contributed by atoms with Crippen molar-refractivity contribution < 1.29 is 4.74 Å². The van der Waals surface area contributed by atoms with E-state index >= 15 is 0 Å². The quantitative estimate of drug-likeness (QED) is 0.433. The molecule has 5 aromatic rings. The molecule has 0 bridgehead atoms. The number of aryl methyl sites for hydroxylation is 1. The van der Waals surface area contributed by atoms with Crippen LogP contribution in [0, 0.1) is 6.92 Å². The highest BCUT2D eigenvalue weighted by Crippen LogP contribution is 2.30. The third-order valence-electron chi connectivity index (χ3n) is 6.48. The summed E-state index contributed by atoms with van der Waals surface area (Å²) < 4.78 is 9.06. The molecule has 174 valence electrons. The number of para-hydroxylation sites is 1. The summed E-state index contributed by atoms with van der Waals surface area (Å²) in [6, 6.07) is 17.7. The van der Waals surface area contributed by atoms with E-state index in [0.29, 0.717) is 36.6 Å². The van der Waals surface area contributed by atoms with Crippen molar-refractivity contribution >= 4 is 33.2 Å². The Morgan fingerprint density at radius 3 is 2.71 bits per heavy atom. The molecule has 1 aliphatic heterocycles. The second-order valence-electron chi connectivity index (χ2n) is 8.67. The van der Waals surface area contributed by atoms with Crippen molar-refractivity contribution in [3.63, 3.8) is 0 Å². The van der Waals surface area contributed by atoms with Gasteiger partial charge in [0.1, 0.15) is 17.8 Å². The maximum absolute atomic E-state index is 13.8. The van der Waals surface area contributed by atoms with Crippen LogP contribution in [0.1, 0.15) is 23.4 Å². The Bertz CT molecular complexity index is 1670. The van der Waals surface area contributed by atoms with E-state index in [-0.39, 0.29) is 5.56 Å². The van der Waals surface area contributed by atoms with Crippen molar-refractivity contribution in [1.82, 2.24) is 24.3 Å². The molecular formula is C27H24N6O2. The molecule has 0 saturated heterocycles. The van der Waals surface area contributed by atoms with Gasteiger partial charge >= 0.3 is 0 Å². The van der Waals surface area contributed by atoms with Crippen LogP contribution in [-0.4, -0.2) is 37.5 Å². The van der Waals surface area contributed by atoms with Gasteiger partial charge in [-0.05, 0) is 48.1 Å². The van der Waals surface area contributed by atoms with E-state index < -0.39 is 0 Å². The molecule has 0 radical (unpaired) electrons. The molecule has 8 nitrogen and oxygen atoms in total. The lowest BCUT2D eigenvalue weighted by Crippen LogP contribution is -2.24. The van der Waals surface area contributed by atoms with Crippen molar-refractivity contribution in [2.24, 2.45) is 0 Å². The lowest BCUT2D eigenvalue weighted by atomic mass is 10.1. The molecule has 0 atom stereocenters. The van der Waals surface area contributed by atoms with Gasteiger partial charge in [0.25, 0.3) is 5.56 Å². The van der Waals surface area contributed by atoms with Gasteiger partial charge in [-0.3, -0.25) is 9.36 Å². The fourth-order valence-corrected chi connectivity index (χ4v) is 4.83. The Balaban J connectivity index is 1.59. The number of pyridine rings is 1. The van der Waals surface area contributed by atoms with E-state index in [1.165, 1.54) is 6.33 Å². The number of hydrogen-bond acceptors (Lipinski definition) is 6. The minimum Gasteiger partial charge on any atom is -0.383 e. The van der Waals surface area contributed by atoms with E-state index in [0.717, 1.165) is 45.4 Å². The number of ether oxygens (including phenoxy) is 1. The first-order valence-corrected chi connectivity index (χ1v) is 11.6. The smallest absolute Gasteiger partial charge is 0.263 e. The first-order chi connectivity index (χ1) is 17.1. The van der Waals surface area contributed by atoms with E-state index in [4.69, 9.17) is 15.6 Å². The predicted octanol–water partition coefficient (Wildman–Crippen LogP) is 3.87. The van der Waals surface area contributed by atoms with Crippen molar-refractivity contribution in [1.29, 1.82) is 0 Å². The SMILES string of the molecule is Cc1cccc2cc(Cn3nc(C4=CCOCC4)c4c(N)ncnc43)n(-c3ccccc3)c(=O)c12. The zero-order valence-electron chi connectivity index (χ0n) is 19.3. The van der Waals surface area contributed by atoms with Crippen molar-refractivity contribution in [3.05, 3.63) is 94.3 Å². The number of fused-ring (bicyclic) bond motifs is 2. The van der Waals surface area contributed by atoms with Crippen molar-refractivity contribution in [2.75, 3.05) is 18.9 Å². The van der Waals surface area contributed by atoms with Crippen LogP contribution in [0.4, 0.5) is 5.82 Å². The van der Waals surface area contributed by atoms with Crippen LogP contribution >= 0.6 is 0 Å². The normalized spacial score (nSPS) is 13.9. The highest BCUT2D eigenvalue weighted by molar-refractivity contribution is 5.95. The number of nitrogens with zero attached hydrogens (tertiary/aromatic N) is 5. The number of rotatable bonds is 4. The summed E-state index contributed by atoms with van der Waals surface area (Å²) in [5, 5.41) is 7.27. The Kier molecular flexibility index (Phi) is 5.15. The van der Waals surface area contributed by atoms with Gasteiger partial charge in [0.05, 0.1) is 30.5 Å². The third kappa shape index (κ3) is 3.59. The molecule has 35 heavy (non-hydrogen) atoms. The summed E-state index contributed by atoms with van der Waals surface area (Å²) in [6.07, 6.45) is 4.22. The van der Waals surface area contributed by atoms with E-state index in [2.05, 4.69) is 16.0 Å². The second-order valence-corrected chi connectivity index (χ2v) is 8.67. The highest BCUT2D eigenvalue weighted by Gasteiger charge is 2.21. The van der Waals surface area contributed by atoms with Gasteiger partial charge in [0, 0.05) is 11.4 Å². The number of anilines is 1. The third-order valence-corrected chi connectivity index (χ3v) is 6.48. The van der Waals surface area contributed by atoms with Crippen LogP contribution in [0.25, 0.3) is 33.1 Å². The van der Waals surface area contributed by atoms with Gasteiger partial charge in [-0.1, -0.05) is 42.5 Å². The molecule has 2 N–H and O–H groups in total. The molecule has 0 unspecified atom stereocenters. The zero-order valence-corrected chi connectivity index (χ0v) is 19.3. The number of nitrogen functional groups attached to an aromatic ring is 1. The minimum atomic E-state index is -0.0558. The Hall–Kier alpha value is -4.30. The molecule has 4 heterocycles. The molecule has 0 spiro atoms. The Morgan fingerprint density at radius 1 is 1.06 bits per heavy atom. The average molecular weight is 465 g/mol. The van der Waals surface area contributed by atoms with Gasteiger partial charge in [-0.2, -0.15) is 5.10 Å². The van der Waals surface area contributed by atoms with Crippen LogP contribution in [0.5, 0.6) is 0 Å². The topological polar surface area (TPSA) is 101 Å². The Labute approximate surface area is 201 Å². The summed E-state index contributed by atoms with van der Waals surface area (Å²) in [7, 11) is 0. The fourth-order valence-electron chi connectivity index (χ4n) is 4.83. The Morgan fingerprint density at radius 2 is 1.91 bits per heavy atom. The molecule has 0 fully saturated rings. The predicted molar refractivity (Wildman–Crippen MR) is 137 cm³/mol. The summed E-state index contributed by atoms with van der Waals surface area (Å²) in [6.45, 7) is 3.47. The van der Waals surface area contributed by atoms with Crippen molar-refractivity contribution in [2.45, 2.75) is 19.9 Å². The maximum Gasteiger partial charge on any atom is 0.263 e. The van der Waals surface area contributed by atoms with Crippen molar-refractivity contribution in [3.8, 4) is 5.69 Å². The minimum absolute atomic E-state index is 0.0558. The standard InChI is InChI=1S/C27H24N6O2/c1-17-6-5-7-19-14-21(33(27(34)22(17)19)20-8-3-2-4-9-20)15-32-26-23(25(28)29-16-30-26)24(31-32)18-10-12-35-13-11-18/h2-10,14,16H,11-13,15H2,1H3,(H2,28,29,30). The molecule has 0 amide bonds. The van der Waals surface area contributed by atoms with Crippen LogP contribution in [0.15, 0.2) is 71.8 Å². The fraction of sp³-hybridized carbons (Fsp3) is 0.185. The lowest BCUT2D eigenvalue weighted by molar-refractivity contribution is 0.161. The summed E-state index contributed by atoms with van der Waals surface area (Å²) in [5.41, 5.74) is 11.3. The number of hydrogen-bond donors (Lipinski definition) is 1. The van der Waals surface area contributed by atoms with Gasteiger partial charge < -0.3 is 10.5 Å². The van der Waals surface area contributed by atoms with E-state index in [9.17, 15) is 4.79 Å². The first-order valence-electron chi connectivity index (χ1n) is 11.6. The van der Waals surface area contributed by atoms with Gasteiger partial charge in [0.15, 0.2) is 5.65 Å². The molecule has 0 aliphatic carbocycles. The molecule has 2 aromatic carbocycles. The van der Waals surface area contributed by atoms with Crippen LogP contribution in [-0.2, 0) is 11.3 Å². The van der Waals surface area contributed by atoms with E-state index in [1.807, 2.05) is 66.2 Å². The monoisotopic (exact) mass is 464 g/mol. The highest BCUT2D eigenvalue weighted by atomic mass is 16.5. The summed E-state index contributed by atoms with van der Waals surface area (Å²) in [5.74, 6) is 0.387. The average Bonchev–Trinajstić information content (AvgIpc) is 3.25. The molecule has 1 aliphatic rings. The number of nitrogens with two attached hydrogens (primary N) is 1. The lowest BCUT2D eigenvalue weighted by Gasteiger charge is -2.16. The molecular weight excluding hydrogens is 440 g/mol. The summed E-state index contributed by atoms with van der Waals surface area (Å²) in [4.78, 5) is 22.5. The van der Waals surface area contributed by atoms with Crippen LogP contribution < -0.4 is 11.3 Å². The number of benzene rings is 2. The molecule has 0 saturated carbocycles. The second kappa shape index (κ2) is 8.48. The largest absolute Gasteiger partial charge is 0.383 e. The molecule has 8 heteroatoms.